The maximum atomic E-state index is 11.7. The highest BCUT2D eigenvalue weighted by molar-refractivity contribution is 5.95. The molecule has 0 saturated heterocycles. The van der Waals surface area contributed by atoms with Crippen molar-refractivity contribution in [1.29, 1.82) is 0 Å². The van der Waals surface area contributed by atoms with Gasteiger partial charge in [0.1, 0.15) is 11.5 Å². The van der Waals surface area contributed by atoms with Crippen molar-refractivity contribution in [3.05, 3.63) is 23.8 Å². The second-order valence-electron chi connectivity index (χ2n) is 4.28. The first kappa shape index (κ1) is 12.3. The molecule has 0 saturated carbocycles. The maximum Gasteiger partial charge on any atom is 0.252 e. The molecule has 5 N–H and O–H groups in total. The number of carbonyl (C=O) groups excluding carboxylic acids is 1. The first-order chi connectivity index (χ1) is 7.34. The topological polar surface area (TPSA) is 95.6 Å². The minimum atomic E-state index is -0.530. The van der Waals surface area contributed by atoms with Gasteiger partial charge in [-0.3, -0.25) is 4.79 Å². The molecule has 0 fully saturated rings. The molecule has 0 atom stereocenters. The van der Waals surface area contributed by atoms with Gasteiger partial charge in [-0.05, 0) is 26.0 Å². The molecule has 0 aliphatic heterocycles. The lowest BCUT2D eigenvalue weighted by atomic mass is 10.1. The summed E-state index contributed by atoms with van der Waals surface area (Å²) in [6, 6.07) is 3.72. The third-order valence-corrected chi connectivity index (χ3v) is 2.13. The molecule has 88 valence electrons. The molecular weight excluding hydrogens is 208 g/mol. The number of nitrogens with two attached hydrogens (primary N) is 1. The van der Waals surface area contributed by atoms with E-state index in [-0.39, 0.29) is 23.0 Å². The molecule has 1 aromatic carbocycles. The third-order valence-electron chi connectivity index (χ3n) is 2.13. The Morgan fingerprint density at radius 1 is 1.31 bits per heavy atom. The predicted molar refractivity (Wildman–Crippen MR) is 60.4 cm³/mol. The Kier molecular flexibility index (Phi) is 3.39. The first-order valence-corrected chi connectivity index (χ1v) is 4.90. The van der Waals surface area contributed by atoms with Crippen LogP contribution >= 0.6 is 0 Å². The third kappa shape index (κ3) is 3.13. The van der Waals surface area contributed by atoms with Crippen molar-refractivity contribution in [3.63, 3.8) is 0 Å². The van der Waals surface area contributed by atoms with Crippen LogP contribution in [0.4, 0.5) is 0 Å². The molecule has 0 aliphatic carbocycles. The van der Waals surface area contributed by atoms with Crippen LogP contribution in [-0.4, -0.2) is 28.2 Å². The van der Waals surface area contributed by atoms with Crippen LogP contribution in [-0.2, 0) is 0 Å². The van der Waals surface area contributed by atoms with Crippen LogP contribution in [0.1, 0.15) is 24.2 Å². The monoisotopic (exact) mass is 224 g/mol. The minimum absolute atomic E-state index is 0.157. The summed E-state index contributed by atoms with van der Waals surface area (Å²) in [7, 11) is 0. The van der Waals surface area contributed by atoms with Gasteiger partial charge in [0, 0.05) is 23.7 Å². The van der Waals surface area contributed by atoms with Crippen LogP contribution in [0.5, 0.6) is 11.5 Å². The van der Waals surface area contributed by atoms with Gasteiger partial charge in [0.25, 0.3) is 5.91 Å². The van der Waals surface area contributed by atoms with Crippen LogP contribution in [0.25, 0.3) is 0 Å². The van der Waals surface area contributed by atoms with Crippen LogP contribution in [0.2, 0.25) is 0 Å². The van der Waals surface area contributed by atoms with Gasteiger partial charge in [-0.2, -0.15) is 0 Å². The van der Waals surface area contributed by atoms with E-state index in [1.54, 1.807) is 13.8 Å². The molecule has 0 aromatic heterocycles. The van der Waals surface area contributed by atoms with Crippen LogP contribution in [0, 0.1) is 0 Å². The Bertz CT molecular complexity index is 382. The zero-order chi connectivity index (χ0) is 12.3. The normalized spacial score (nSPS) is 11.2. The number of phenolic OH excluding ortho intramolecular Hbond substituents is 2. The molecular formula is C11H16N2O3. The van der Waals surface area contributed by atoms with Crippen LogP contribution in [0.15, 0.2) is 18.2 Å². The molecule has 0 bridgehead atoms. The summed E-state index contributed by atoms with van der Waals surface area (Å²) in [6.07, 6.45) is 0. The van der Waals surface area contributed by atoms with Crippen molar-refractivity contribution in [3.8, 4) is 11.5 Å². The predicted octanol–water partition coefficient (Wildman–Crippen LogP) is 0.565. The van der Waals surface area contributed by atoms with Crippen molar-refractivity contribution >= 4 is 5.91 Å². The van der Waals surface area contributed by atoms with Gasteiger partial charge in [-0.1, -0.05) is 0 Å². The van der Waals surface area contributed by atoms with E-state index in [0.29, 0.717) is 6.54 Å². The molecule has 0 spiro atoms. The quantitative estimate of drug-likeness (QED) is 0.603. The van der Waals surface area contributed by atoms with Crippen molar-refractivity contribution < 1.29 is 15.0 Å². The molecule has 1 amide bonds. The number of phenols is 2. The number of benzene rings is 1. The number of hydrogen-bond donors (Lipinski definition) is 4. The van der Waals surface area contributed by atoms with Crippen molar-refractivity contribution in [2.75, 3.05) is 6.54 Å². The van der Waals surface area contributed by atoms with Crippen LogP contribution in [0.3, 0.4) is 0 Å². The summed E-state index contributed by atoms with van der Waals surface area (Å²) >= 11 is 0. The van der Waals surface area contributed by atoms with Crippen molar-refractivity contribution in [2.45, 2.75) is 19.4 Å². The number of aromatic hydroxyl groups is 2. The van der Waals surface area contributed by atoms with Gasteiger partial charge >= 0.3 is 0 Å². The average Bonchev–Trinajstić information content (AvgIpc) is 2.15. The van der Waals surface area contributed by atoms with Gasteiger partial charge in [0.15, 0.2) is 0 Å². The Morgan fingerprint density at radius 3 is 2.25 bits per heavy atom. The molecule has 5 nitrogen and oxygen atoms in total. The maximum absolute atomic E-state index is 11.7. The highest BCUT2D eigenvalue weighted by Crippen LogP contribution is 2.20. The molecule has 0 aliphatic rings. The fourth-order valence-electron chi connectivity index (χ4n) is 1.16. The van der Waals surface area contributed by atoms with Crippen molar-refractivity contribution in [1.82, 2.24) is 5.32 Å². The largest absolute Gasteiger partial charge is 0.508 e. The van der Waals surface area contributed by atoms with E-state index in [1.165, 1.54) is 12.1 Å². The smallest absolute Gasteiger partial charge is 0.252 e. The SMILES string of the molecule is CC(C)(CN)NC(=O)c1cc(O)cc(O)c1. The van der Waals surface area contributed by atoms with E-state index in [4.69, 9.17) is 5.73 Å². The summed E-state index contributed by atoms with van der Waals surface area (Å²) in [6.45, 7) is 3.87. The van der Waals surface area contributed by atoms with E-state index in [0.717, 1.165) is 6.07 Å². The standard InChI is InChI=1S/C11H16N2O3/c1-11(2,6-12)13-10(16)7-3-8(14)5-9(15)4-7/h3-5,14-15H,6,12H2,1-2H3,(H,13,16). The second kappa shape index (κ2) is 4.40. The van der Waals surface area contributed by atoms with Crippen LogP contribution < -0.4 is 11.1 Å². The van der Waals surface area contributed by atoms with E-state index in [9.17, 15) is 15.0 Å². The lowest BCUT2D eigenvalue weighted by Crippen LogP contribution is -2.48. The summed E-state index contributed by atoms with van der Waals surface area (Å²) in [5, 5.41) is 21.2. The van der Waals surface area contributed by atoms with E-state index < -0.39 is 5.54 Å². The number of nitrogens with one attached hydrogen (secondary N) is 1. The molecule has 5 heteroatoms. The number of rotatable bonds is 3. The summed E-state index contributed by atoms with van der Waals surface area (Å²) in [5.74, 6) is -0.701. The van der Waals surface area contributed by atoms with Gasteiger partial charge in [-0.15, -0.1) is 0 Å². The van der Waals surface area contributed by atoms with Gasteiger partial charge in [0.05, 0.1) is 0 Å². The highest BCUT2D eigenvalue weighted by Gasteiger charge is 2.19. The molecule has 0 unspecified atom stereocenters. The average molecular weight is 224 g/mol. The zero-order valence-electron chi connectivity index (χ0n) is 9.32. The van der Waals surface area contributed by atoms with E-state index in [2.05, 4.69) is 5.32 Å². The highest BCUT2D eigenvalue weighted by atomic mass is 16.3. The zero-order valence-corrected chi connectivity index (χ0v) is 9.32. The fraction of sp³-hybridized carbons (Fsp3) is 0.364. The van der Waals surface area contributed by atoms with E-state index in [1.807, 2.05) is 0 Å². The molecule has 1 rings (SSSR count). The lowest BCUT2D eigenvalue weighted by molar-refractivity contribution is 0.0915. The molecule has 16 heavy (non-hydrogen) atoms. The second-order valence-corrected chi connectivity index (χ2v) is 4.28. The molecule has 0 heterocycles. The van der Waals surface area contributed by atoms with Gasteiger partial charge in [0.2, 0.25) is 0 Å². The van der Waals surface area contributed by atoms with E-state index >= 15 is 0 Å². The Labute approximate surface area is 93.9 Å². The number of amides is 1. The Hall–Kier alpha value is -1.75. The van der Waals surface area contributed by atoms with Gasteiger partial charge < -0.3 is 21.3 Å². The van der Waals surface area contributed by atoms with Crippen molar-refractivity contribution in [2.24, 2.45) is 5.73 Å². The first-order valence-electron chi connectivity index (χ1n) is 4.90. The number of carbonyl (C=O) groups is 1. The number of hydrogen-bond acceptors (Lipinski definition) is 4. The Balaban J connectivity index is 2.89. The Morgan fingerprint density at radius 2 is 1.81 bits per heavy atom. The summed E-state index contributed by atoms with van der Waals surface area (Å²) in [5.41, 5.74) is 5.14. The molecule has 0 radical (unpaired) electrons. The van der Waals surface area contributed by atoms with Gasteiger partial charge in [-0.25, -0.2) is 0 Å². The molecule has 1 aromatic rings. The minimum Gasteiger partial charge on any atom is -0.508 e. The fourth-order valence-corrected chi connectivity index (χ4v) is 1.16. The lowest BCUT2D eigenvalue weighted by Gasteiger charge is -2.24. The summed E-state index contributed by atoms with van der Waals surface area (Å²) in [4.78, 5) is 11.7. The summed E-state index contributed by atoms with van der Waals surface area (Å²) < 4.78 is 0.